The third kappa shape index (κ3) is 4.79. The summed E-state index contributed by atoms with van der Waals surface area (Å²) in [6.07, 6.45) is 0.872. The molecule has 0 bridgehead atoms. The molecule has 0 spiro atoms. The molecule has 0 radical (unpaired) electrons. The van der Waals surface area contributed by atoms with Crippen LogP contribution in [0.2, 0.25) is 0 Å². The number of hydrogen-bond donors (Lipinski definition) is 1. The molecule has 0 aliphatic carbocycles. The van der Waals surface area contributed by atoms with E-state index in [9.17, 15) is 14.9 Å². The van der Waals surface area contributed by atoms with Gasteiger partial charge in [-0.15, -0.1) is 0 Å². The Balaban J connectivity index is 2.73. The monoisotopic (exact) mass is 360 g/mol. The summed E-state index contributed by atoms with van der Waals surface area (Å²) < 4.78 is 0.220. The highest BCUT2D eigenvalue weighted by Gasteiger charge is 2.20. The molecule has 0 aliphatic rings. The van der Waals surface area contributed by atoms with Gasteiger partial charge in [0, 0.05) is 12.1 Å². The van der Waals surface area contributed by atoms with Crippen molar-refractivity contribution in [1.29, 1.82) is 0 Å². The lowest BCUT2D eigenvalue weighted by atomic mass is 10.1. The zero-order valence-corrected chi connectivity index (χ0v) is 13.8. The molecule has 1 aromatic carbocycles. The van der Waals surface area contributed by atoms with Gasteiger partial charge in [0.25, 0.3) is 11.6 Å². The lowest BCUT2D eigenvalue weighted by molar-refractivity contribution is -0.385. The van der Waals surface area contributed by atoms with Crippen LogP contribution in [0.15, 0.2) is 22.7 Å². The van der Waals surface area contributed by atoms with Crippen LogP contribution in [0.3, 0.4) is 0 Å². The molecule has 0 fully saturated rings. The Morgan fingerprint density at radius 2 is 2.25 bits per heavy atom. The lowest BCUT2D eigenvalue weighted by Crippen LogP contribution is -2.33. The molecule has 7 heteroatoms. The van der Waals surface area contributed by atoms with Gasteiger partial charge >= 0.3 is 0 Å². The van der Waals surface area contributed by atoms with Crippen molar-refractivity contribution >= 4 is 39.3 Å². The average molecular weight is 361 g/mol. The van der Waals surface area contributed by atoms with E-state index in [2.05, 4.69) is 28.2 Å². The topological polar surface area (TPSA) is 72.2 Å². The van der Waals surface area contributed by atoms with Gasteiger partial charge in [-0.05, 0) is 46.8 Å². The number of nitro groups is 1. The maximum atomic E-state index is 12.1. The van der Waals surface area contributed by atoms with Gasteiger partial charge < -0.3 is 5.32 Å². The number of carbonyl (C=O) groups excluding carboxylic acids is 1. The maximum absolute atomic E-state index is 12.1. The van der Waals surface area contributed by atoms with E-state index in [0.29, 0.717) is 0 Å². The number of hydrogen-bond acceptors (Lipinski definition) is 4. The van der Waals surface area contributed by atoms with E-state index in [-0.39, 0.29) is 27.7 Å². The van der Waals surface area contributed by atoms with Crippen molar-refractivity contribution in [1.82, 2.24) is 5.32 Å². The number of nitrogens with one attached hydrogen (secondary N) is 1. The van der Waals surface area contributed by atoms with Crippen LogP contribution in [0.4, 0.5) is 5.69 Å². The molecule has 20 heavy (non-hydrogen) atoms. The number of nitrogens with zero attached hydrogens (tertiary/aromatic N) is 1. The highest BCUT2D eigenvalue weighted by Crippen LogP contribution is 2.28. The average Bonchev–Trinajstić information content (AvgIpc) is 2.38. The number of amides is 1. The summed E-state index contributed by atoms with van der Waals surface area (Å²) in [5.74, 6) is 1.74. The first-order valence-corrected chi connectivity index (χ1v) is 8.23. The number of thioether (sulfide) groups is 1. The minimum absolute atomic E-state index is 0.0349. The van der Waals surface area contributed by atoms with Crippen LogP contribution in [-0.2, 0) is 0 Å². The number of nitro benzene ring substituents is 1. The van der Waals surface area contributed by atoms with Crippen LogP contribution in [0.1, 0.15) is 30.6 Å². The van der Waals surface area contributed by atoms with Gasteiger partial charge in [-0.2, -0.15) is 11.8 Å². The van der Waals surface area contributed by atoms with E-state index in [4.69, 9.17) is 0 Å². The van der Waals surface area contributed by atoms with E-state index in [0.717, 1.165) is 17.9 Å². The van der Waals surface area contributed by atoms with Crippen molar-refractivity contribution in [2.75, 3.05) is 11.5 Å². The van der Waals surface area contributed by atoms with Crippen molar-refractivity contribution in [3.63, 3.8) is 0 Å². The number of halogens is 1. The molecular weight excluding hydrogens is 344 g/mol. The molecule has 0 heterocycles. The summed E-state index contributed by atoms with van der Waals surface area (Å²) >= 11 is 4.95. The Morgan fingerprint density at radius 1 is 1.55 bits per heavy atom. The Bertz CT molecular complexity index is 497. The minimum Gasteiger partial charge on any atom is -0.350 e. The summed E-state index contributed by atoms with van der Waals surface area (Å²) in [6.45, 7) is 4.02. The number of carbonyl (C=O) groups is 1. The Kier molecular flexibility index (Phi) is 7.01. The fourth-order valence-corrected chi connectivity index (χ4v) is 3.01. The first-order valence-electron chi connectivity index (χ1n) is 6.28. The van der Waals surface area contributed by atoms with Gasteiger partial charge in [-0.1, -0.05) is 13.0 Å². The minimum atomic E-state index is -0.512. The zero-order chi connectivity index (χ0) is 15.1. The van der Waals surface area contributed by atoms with Crippen molar-refractivity contribution in [3.8, 4) is 0 Å². The molecular formula is C13H17BrN2O3S. The third-order valence-electron chi connectivity index (χ3n) is 2.70. The molecule has 1 N–H and O–H groups in total. The van der Waals surface area contributed by atoms with Gasteiger partial charge in [0.2, 0.25) is 0 Å². The second kappa shape index (κ2) is 8.26. The first kappa shape index (κ1) is 17.0. The van der Waals surface area contributed by atoms with Crippen molar-refractivity contribution < 1.29 is 9.72 Å². The molecule has 1 rings (SSSR count). The predicted molar refractivity (Wildman–Crippen MR) is 85.3 cm³/mol. The zero-order valence-electron chi connectivity index (χ0n) is 11.4. The number of rotatable bonds is 7. The fourth-order valence-electron chi connectivity index (χ4n) is 1.61. The van der Waals surface area contributed by atoms with Gasteiger partial charge in [0.15, 0.2) is 0 Å². The SMILES string of the molecule is CCSCCC(C)NC(=O)c1cccc([N+](=O)[O-])c1Br. The van der Waals surface area contributed by atoms with Crippen LogP contribution in [0.5, 0.6) is 0 Å². The van der Waals surface area contributed by atoms with E-state index >= 15 is 0 Å². The Labute approximate surface area is 130 Å². The fraction of sp³-hybridized carbons (Fsp3) is 0.462. The molecule has 5 nitrogen and oxygen atoms in total. The molecule has 1 atom stereocenters. The van der Waals surface area contributed by atoms with Crippen LogP contribution >= 0.6 is 27.7 Å². The van der Waals surface area contributed by atoms with Crippen molar-refractivity contribution in [2.24, 2.45) is 0 Å². The van der Waals surface area contributed by atoms with Gasteiger partial charge in [-0.3, -0.25) is 14.9 Å². The van der Waals surface area contributed by atoms with E-state index in [1.54, 1.807) is 6.07 Å². The summed E-state index contributed by atoms with van der Waals surface area (Å²) in [4.78, 5) is 22.4. The molecule has 1 aromatic rings. The first-order chi connectivity index (χ1) is 9.47. The van der Waals surface area contributed by atoms with Gasteiger partial charge in [0.05, 0.1) is 10.5 Å². The smallest absolute Gasteiger partial charge is 0.284 e. The summed E-state index contributed by atoms with van der Waals surface area (Å²) in [6, 6.07) is 4.48. The number of benzene rings is 1. The molecule has 110 valence electrons. The molecule has 1 unspecified atom stereocenters. The van der Waals surface area contributed by atoms with E-state index in [1.807, 2.05) is 18.7 Å². The van der Waals surface area contributed by atoms with Gasteiger partial charge in [-0.25, -0.2) is 0 Å². The second-order valence-electron chi connectivity index (χ2n) is 4.26. The summed E-state index contributed by atoms with van der Waals surface area (Å²) in [5, 5.41) is 13.7. The van der Waals surface area contributed by atoms with E-state index < -0.39 is 4.92 Å². The standard InChI is InChI=1S/C13H17BrN2O3S/c1-3-20-8-7-9(2)15-13(17)10-5-4-6-11(12(10)14)16(18)19/h4-6,9H,3,7-8H2,1-2H3,(H,15,17). The summed E-state index contributed by atoms with van der Waals surface area (Å²) in [5.41, 5.74) is 0.182. The van der Waals surface area contributed by atoms with Crippen LogP contribution in [0, 0.1) is 10.1 Å². The van der Waals surface area contributed by atoms with Crippen LogP contribution < -0.4 is 5.32 Å². The molecule has 1 amide bonds. The quantitative estimate of drug-likeness (QED) is 0.457. The predicted octanol–water partition coefficient (Wildman–Crippen LogP) is 3.62. The molecule has 0 saturated heterocycles. The molecule has 0 aromatic heterocycles. The van der Waals surface area contributed by atoms with Crippen LogP contribution in [0.25, 0.3) is 0 Å². The second-order valence-corrected chi connectivity index (χ2v) is 6.44. The highest BCUT2D eigenvalue weighted by molar-refractivity contribution is 9.10. The van der Waals surface area contributed by atoms with E-state index in [1.165, 1.54) is 12.1 Å². The largest absolute Gasteiger partial charge is 0.350 e. The van der Waals surface area contributed by atoms with Crippen molar-refractivity contribution in [2.45, 2.75) is 26.3 Å². The summed E-state index contributed by atoms with van der Waals surface area (Å²) in [7, 11) is 0. The third-order valence-corrected chi connectivity index (χ3v) is 4.46. The normalized spacial score (nSPS) is 11.9. The Morgan fingerprint density at radius 3 is 2.85 bits per heavy atom. The Hall–Kier alpha value is -1.08. The van der Waals surface area contributed by atoms with Crippen LogP contribution in [-0.4, -0.2) is 28.4 Å². The highest BCUT2D eigenvalue weighted by atomic mass is 79.9. The molecule has 0 saturated carbocycles. The van der Waals surface area contributed by atoms with Gasteiger partial charge in [0.1, 0.15) is 4.47 Å². The van der Waals surface area contributed by atoms with Crippen molar-refractivity contribution in [3.05, 3.63) is 38.3 Å². The lowest BCUT2D eigenvalue weighted by Gasteiger charge is -2.14. The maximum Gasteiger partial charge on any atom is 0.284 e. The molecule has 0 aliphatic heterocycles.